The molecule has 0 saturated heterocycles. The van der Waals surface area contributed by atoms with Crippen molar-refractivity contribution < 1.29 is 0 Å². The van der Waals surface area contributed by atoms with Gasteiger partial charge in [-0.05, 0) is 88.2 Å². The van der Waals surface area contributed by atoms with E-state index in [1.165, 1.54) is 64.9 Å². The van der Waals surface area contributed by atoms with Crippen molar-refractivity contribution in [1.29, 1.82) is 0 Å². The molecule has 1 aromatic heterocycles. The van der Waals surface area contributed by atoms with Crippen LogP contribution in [0.3, 0.4) is 0 Å². The molecular weight excluding hydrogens is 731 g/mol. The minimum atomic E-state index is -2.55. The first-order valence-electron chi connectivity index (χ1n) is 20.2. The molecule has 0 radical (unpaired) electrons. The van der Waals surface area contributed by atoms with Crippen molar-refractivity contribution in [2.75, 3.05) is 0 Å². The summed E-state index contributed by atoms with van der Waals surface area (Å²) in [5.41, 5.74) is 12.9. The van der Waals surface area contributed by atoms with Crippen molar-refractivity contribution in [1.82, 2.24) is 15.0 Å². The van der Waals surface area contributed by atoms with Crippen LogP contribution in [0.4, 0.5) is 0 Å². The summed E-state index contributed by atoms with van der Waals surface area (Å²) in [5, 5.41) is 8.36. The Kier molecular flexibility index (Phi) is 7.56. The normalized spacial score (nSPS) is 12.9. The van der Waals surface area contributed by atoms with E-state index in [4.69, 9.17) is 15.0 Å². The van der Waals surface area contributed by atoms with E-state index in [0.717, 1.165) is 27.8 Å². The van der Waals surface area contributed by atoms with Crippen LogP contribution < -0.4 is 20.7 Å². The third-order valence-electron chi connectivity index (χ3n) is 12.3. The number of rotatable bonds is 5. The summed E-state index contributed by atoms with van der Waals surface area (Å²) in [6.45, 7) is 0. The van der Waals surface area contributed by atoms with Gasteiger partial charge in [0.2, 0.25) is 0 Å². The zero-order valence-corrected chi connectivity index (χ0v) is 33.0. The zero-order chi connectivity index (χ0) is 38.9. The van der Waals surface area contributed by atoms with Crippen LogP contribution in [-0.4, -0.2) is 23.0 Å². The Morgan fingerprint density at radius 3 is 1.42 bits per heavy atom. The highest BCUT2D eigenvalue weighted by Crippen LogP contribution is 2.41. The van der Waals surface area contributed by atoms with Gasteiger partial charge in [0.05, 0.1) is 0 Å². The van der Waals surface area contributed by atoms with Crippen LogP contribution >= 0.6 is 0 Å². The summed E-state index contributed by atoms with van der Waals surface area (Å²) >= 11 is 0. The van der Waals surface area contributed by atoms with Crippen molar-refractivity contribution in [3.8, 4) is 78.7 Å². The lowest BCUT2D eigenvalue weighted by molar-refractivity contribution is 1.07. The molecule has 1 spiro atoms. The van der Waals surface area contributed by atoms with E-state index in [0.29, 0.717) is 17.5 Å². The molecule has 0 N–H and O–H groups in total. The Morgan fingerprint density at radius 1 is 0.254 bits per heavy atom. The molecule has 3 nitrogen and oxygen atoms in total. The Morgan fingerprint density at radius 2 is 0.712 bits per heavy atom. The molecule has 0 fully saturated rings. The lowest BCUT2D eigenvalue weighted by Gasteiger charge is -2.27. The predicted octanol–water partition coefficient (Wildman–Crippen LogP) is 10.7. The number of nitrogens with zero attached hydrogens (tertiary/aromatic N) is 3. The maximum atomic E-state index is 5.18. The van der Waals surface area contributed by atoms with Gasteiger partial charge in [0, 0.05) is 16.7 Å². The highest BCUT2D eigenvalue weighted by atomic mass is 28.3. The summed E-state index contributed by atoms with van der Waals surface area (Å²) in [7, 11) is -2.55. The van der Waals surface area contributed by atoms with Crippen molar-refractivity contribution in [2.24, 2.45) is 0 Å². The van der Waals surface area contributed by atoms with Gasteiger partial charge in [0.1, 0.15) is 0 Å². The number of hydrogen-bond acceptors (Lipinski definition) is 3. The molecule has 0 atom stereocenters. The summed E-state index contributed by atoms with van der Waals surface area (Å²) in [4.78, 5) is 15.4. The van der Waals surface area contributed by atoms with Crippen LogP contribution in [-0.2, 0) is 0 Å². The SMILES string of the molecule is c1ccc(-c2nc(-c3ccc(-c4ccc5ccccc5c4)cc3)nc(-c3cccc(-c4cccc5c4-c4ccccc4[Si]54c5ccccc5-c5ccccc54)c3)n2)cc1. The molecule has 0 amide bonds. The molecule has 274 valence electrons. The molecule has 0 aliphatic carbocycles. The van der Waals surface area contributed by atoms with Crippen molar-refractivity contribution in [3.63, 3.8) is 0 Å². The van der Waals surface area contributed by atoms with Crippen LogP contribution in [0.5, 0.6) is 0 Å². The van der Waals surface area contributed by atoms with Crippen LogP contribution in [0.1, 0.15) is 0 Å². The van der Waals surface area contributed by atoms with E-state index in [2.05, 4.69) is 194 Å². The lowest BCUT2D eigenvalue weighted by Crippen LogP contribution is -2.70. The average Bonchev–Trinajstić information content (AvgIpc) is 3.79. The molecule has 10 aromatic rings. The van der Waals surface area contributed by atoms with E-state index >= 15 is 0 Å². The van der Waals surface area contributed by atoms with Crippen LogP contribution in [0, 0.1) is 0 Å². The molecule has 2 aliphatic rings. The van der Waals surface area contributed by atoms with Gasteiger partial charge in [-0.1, -0.05) is 200 Å². The standard InChI is InChI=1S/C55H35N3Si/c1-2-15-38(16-3-1)53-56-54(39-31-28-37(29-32-39)41-33-30-36-14-4-5-17-40(36)34-41)58-55(57-53)43-19-12-18-42(35-43)44-23-13-27-51-52(44)47-22-8-11-26-50(47)59(51)48-24-9-6-20-45(48)46-21-7-10-25-49(46)59/h1-35H. The molecule has 59 heavy (non-hydrogen) atoms. The van der Waals surface area contributed by atoms with Crippen LogP contribution in [0.2, 0.25) is 0 Å². The quantitative estimate of drug-likeness (QED) is 0.164. The van der Waals surface area contributed by atoms with Crippen molar-refractivity contribution in [3.05, 3.63) is 212 Å². The summed E-state index contributed by atoms with van der Waals surface area (Å²) in [6, 6.07) is 77.0. The highest BCUT2D eigenvalue weighted by Gasteiger charge is 2.54. The van der Waals surface area contributed by atoms with Crippen molar-refractivity contribution in [2.45, 2.75) is 0 Å². The monoisotopic (exact) mass is 765 g/mol. The maximum absolute atomic E-state index is 5.18. The van der Waals surface area contributed by atoms with Gasteiger partial charge in [0.25, 0.3) is 0 Å². The molecule has 12 rings (SSSR count). The predicted molar refractivity (Wildman–Crippen MR) is 246 cm³/mol. The molecular formula is C55H35N3Si. The molecule has 0 bridgehead atoms. The van der Waals surface area contributed by atoms with E-state index in [-0.39, 0.29) is 0 Å². The summed E-state index contributed by atoms with van der Waals surface area (Å²) in [6.07, 6.45) is 0. The lowest BCUT2D eigenvalue weighted by atomic mass is 9.93. The second-order valence-corrected chi connectivity index (χ2v) is 19.2. The van der Waals surface area contributed by atoms with Gasteiger partial charge in [-0.25, -0.2) is 15.0 Å². The Bertz CT molecular complexity index is 3240. The van der Waals surface area contributed by atoms with Gasteiger partial charge in [-0.15, -0.1) is 0 Å². The van der Waals surface area contributed by atoms with E-state index in [1.54, 1.807) is 0 Å². The molecule has 2 aliphatic heterocycles. The molecule has 0 saturated carbocycles. The van der Waals surface area contributed by atoms with Crippen molar-refractivity contribution >= 4 is 39.6 Å². The first-order chi connectivity index (χ1) is 29.2. The largest absolute Gasteiger partial charge is 0.208 e. The number of aromatic nitrogens is 3. The first kappa shape index (κ1) is 33.6. The van der Waals surface area contributed by atoms with E-state index in [1.807, 2.05) is 18.2 Å². The molecule has 4 heteroatoms. The van der Waals surface area contributed by atoms with Gasteiger partial charge in [-0.3, -0.25) is 0 Å². The van der Waals surface area contributed by atoms with Crippen LogP contribution in [0.15, 0.2) is 212 Å². The smallest absolute Gasteiger partial charge is 0.182 e. The second kappa shape index (κ2) is 13.3. The average molecular weight is 766 g/mol. The maximum Gasteiger partial charge on any atom is 0.182 e. The van der Waals surface area contributed by atoms with Gasteiger partial charge < -0.3 is 0 Å². The number of benzene rings is 9. The van der Waals surface area contributed by atoms with Gasteiger partial charge in [0.15, 0.2) is 25.5 Å². The Hall–Kier alpha value is -7.53. The summed E-state index contributed by atoms with van der Waals surface area (Å²) < 4.78 is 0. The third-order valence-corrected chi connectivity index (χ3v) is 17.3. The first-order valence-corrected chi connectivity index (χ1v) is 22.2. The minimum Gasteiger partial charge on any atom is -0.208 e. The fourth-order valence-electron chi connectivity index (χ4n) is 9.74. The van der Waals surface area contributed by atoms with E-state index in [9.17, 15) is 0 Å². The zero-order valence-electron chi connectivity index (χ0n) is 32.0. The Labute approximate surface area is 344 Å². The fourth-order valence-corrected chi connectivity index (χ4v) is 15.4. The second-order valence-electron chi connectivity index (χ2n) is 15.5. The van der Waals surface area contributed by atoms with Gasteiger partial charge in [-0.2, -0.15) is 0 Å². The topological polar surface area (TPSA) is 38.7 Å². The van der Waals surface area contributed by atoms with Crippen LogP contribution in [0.25, 0.3) is 89.4 Å². The fraction of sp³-hybridized carbons (Fsp3) is 0. The number of hydrogen-bond donors (Lipinski definition) is 0. The highest BCUT2D eigenvalue weighted by molar-refractivity contribution is 7.24. The third kappa shape index (κ3) is 5.17. The molecule has 9 aromatic carbocycles. The molecule has 3 heterocycles. The number of fused-ring (bicyclic) bond motifs is 11. The molecule has 0 unspecified atom stereocenters. The Balaban J connectivity index is 0.993. The van der Waals surface area contributed by atoms with Gasteiger partial charge >= 0.3 is 0 Å². The summed E-state index contributed by atoms with van der Waals surface area (Å²) in [5.74, 6) is 1.94. The minimum absolute atomic E-state index is 0.644. The van der Waals surface area contributed by atoms with E-state index < -0.39 is 8.07 Å².